The average molecular weight is 474 g/mol. The van der Waals surface area contributed by atoms with Crippen LogP contribution in [0.15, 0.2) is 42.5 Å². The number of halogens is 1. The molecule has 2 aromatic rings. The van der Waals surface area contributed by atoms with Crippen LogP contribution >= 0.6 is 11.6 Å². The summed E-state index contributed by atoms with van der Waals surface area (Å²) < 4.78 is 11.0. The van der Waals surface area contributed by atoms with E-state index in [-0.39, 0.29) is 30.2 Å². The third-order valence-corrected chi connectivity index (χ3v) is 5.43. The fourth-order valence-corrected chi connectivity index (χ4v) is 3.50. The van der Waals surface area contributed by atoms with E-state index in [4.69, 9.17) is 21.1 Å². The summed E-state index contributed by atoms with van der Waals surface area (Å²) in [5.74, 6) is -0.0484. The molecule has 0 bridgehead atoms. The molecule has 0 radical (unpaired) electrons. The molecule has 1 unspecified atom stereocenters. The monoisotopic (exact) mass is 473 g/mol. The Morgan fingerprint density at radius 1 is 1.03 bits per heavy atom. The van der Waals surface area contributed by atoms with Crippen LogP contribution in [0.5, 0.6) is 11.5 Å². The first-order valence-electron chi connectivity index (χ1n) is 10.8. The topological polar surface area (TPSA) is 97.0 Å². The summed E-state index contributed by atoms with van der Waals surface area (Å²) in [5.41, 5.74) is 0.946. The molecule has 3 amide bonds. The van der Waals surface area contributed by atoms with Crippen LogP contribution in [0.4, 0.5) is 5.69 Å². The van der Waals surface area contributed by atoms with Gasteiger partial charge in [-0.25, -0.2) is 0 Å². The first-order valence-corrected chi connectivity index (χ1v) is 11.2. The molecule has 0 fully saturated rings. The normalized spacial score (nSPS) is 13.2. The zero-order chi connectivity index (χ0) is 24.0. The summed E-state index contributed by atoms with van der Waals surface area (Å²) in [4.78, 5) is 39.9. The van der Waals surface area contributed by atoms with E-state index >= 15 is 0 Å². The van der Waals surface area contributed by atoms with Crippen molar-refractivity contribution in [3.05, 3.63) is 53.1 Å². The number of carbonyl (C=O) groups is 3. The van der Waals surface area contributed by atoms with E-state index in [0.29, 0.717) is 47.5 Å². The van der Waals surface area contributed by atoms with Crippen molar-refractivity contribution in [3.8, 4) is 11.5 Å². The van der Waals surface area contributed by atoms with Gasteiger partial charge in [0.1, 0.15) is 19.3 Å². The number of hydrogen-bond donors (Lipinski definition) is 2. The lowest BCUT2D eigenvalue weighted by molar-refractivity contribution is -0.137. The fraction of sp³-hybridized carbons (Fsp3) is 0.375. The Hall–Kier alpha value is -3.26. The minimum Gasteiger partial charge on any atom is -0.486 e. The second-order valence-corrected chi connectivity index (χ2v) is 8.40. The number of carbonyl (C=O) groups excluding carboxylic acids is 3. The van der Waals surface area contributed by atoms with Gasteiger partial charge in [0.2, 0.25) is 11.8 Å². The minimum atomic E-state index is -0.782. The molecular formula is C24H28ClN3O5. The molecular weight excluding hydrogens is 446 g/mol. The van der Waals surface area contributed by atoms with Crippen LogP contribution in [-0.4, -0.2) is 55.0 Å². The van der Waals surface area contributed by atoms with Gasteiger partial charge in [-0.3, -0.25) is 14.4 Å². The molecule has 2 aromatic carbocycles. The van der Waals surface area contributed by atoms with E-state index in [0.717, 1.165) is 0 Å². The van der Waals surface area contributed by atoms with Crippen molar-refractivity contribution in [3.63, 3.8) is 0 Å². The zero-order valence-corrected chi connectivity index (χ0v) is 19.6. The predicted molar refractivity (Wildman–Crippen MR) is 126 cm³/mol. The second-order valence-electron chi connectivity index (χ2n) is 7.96. The second kappa shape index (κ2) is 11.0. The van der Waals surface area contributed by atoms with Gasteiger partial charge in [-0.2, -0.15) is 0 Å². The Balaban J connectivity index is 1.64. The van der Waals surface area contributed by atoms with E-state index in [1.807, 2.05) is 13.8 Å². The smallest absolute Gasteiger partial charge is 0.251 e. The SMILES string of the molecule is CCN(CC(=O)Nc1ccc2c(c1)OCCO2)C(=O)C(NC(=O)c1ccc(Cl)cc1)C(C)C. The Morgan fingerprint density at radius 2 is 1.70 bits per heavy atom. The van der Waals surface area contributed by atoms with Crippen LogP contribution in [0, 0.1) is 5.92 Å². The van der Waals surface area contributed by atoms with Crippen LogP contribution in [0.1, 0.15) is 31.1 Å². The quantitative estimate of drug-likeness (QED) is 0.612. The number of nitrogens with zero attached hydrogens (tertiary/aromatic N) is 1. The zero-order valence-electron chi connectivity index (χ0n) is 18.9. The number of benzene rings is 2. The molecule has 0 aromatic heterocycles. The Morgan fingerprint density at radius 3 is 2.33 bits per heavy atom. The van der Waals surface area contributed by atoms with Gasteiger partial charge >= 0.3 is 0 Å². The van der Waals surface area contributed by atoms with Crippen molar-refractivity contribution in [2.45, 2.75) is 26.8 Å². The van der Waals surface area contributed by atoms with Crippen LogP contribution in [0.2, 0.25) is 5.02 Å². The maximum atomic E-state index is 13.2. The molecule has 1 atom stereocenters. The van der Waals surface area contributed by atoms with Gasteiger partial charge < -0.3 is 25.0 Å². The Bertz CT molecular complexity index is 1010. The molecule has 0 saturated carbocycles. The molecule has 2 N–H and O–H groups in total. The van der Waals surface area contributed by atoms with Crippen LogP contribution < -0.4 is 20.1 Å². The summed E-state index contributed by atoms with van der Waals surface area (Å²) in [6, 6.07) is 10.8. The van der Waals surface area contributed by atoms with Gasteiger partial charge in [-0.15, -0.1) is 0 Å². The van der Waals surface area contributed by atoms with E-state index in [1.54, 1.807) is 49.4 Å². The number of amides is 3. The maximum Gasteiger partial charge on any atom is 0.251 e. The van der Waals surface area contributed by atoms with Gasteiger partial charge in [-0.05, 0) is 49.2 Å². The Labute approximate surface area is 198 Å². The number of nitrogens with one attached hydrogen (secondary N) is 2. The third kappa shape index (κ3) is 6.38. The standard InChI is InChI=1S/C24H28ClN3O5/c1-4-28(14-21(29)26-18-9-10-19-20(13-18)33-12-11-32-19)24(31)22(15(2)3)27-23(30)16-5-7-17(25)8-6-16/h5-10,13,15,22H,4,11-12,14H2,1-3H3,(H,26,29)(H,27,30). The van der Waals surface area contributed by atoms with Crippen molar-refractivity contribution >= 4 is 35.0 Å². The molecule has 0 spiro atoms. The van der Waals surface area contributed by atoms with Gasteiger partial charge in [0.15, 0.2) is 11.5 Å². The summed E-state index contributed by atoms with van der Waals surface area (Å²) in [7, 11) is 0. The van der Waals surface area contributed by atoms with Crippen LogP contribution in [0.3, 0.4) is 0 Å². The molecule has 3 rings (SSSR count). The van der Waals surface area contributed by atoms with Crippen molar-refractivity contribution in [2.75, 3.05) is 31.6 Å². The fourth-order valence-electron chi connectivity index (χ4n) is 3.38. The lowest BCUT2D eigenvalue weighted by atomic mass is 10.0. The van der Waals surface area contributed by atoms with Crippen molar-refractivity contribution in [1.82, 2.24) is 10.2 Å². The number of anilines is 1. The van der Waals surface area contributed by atoms with Crippen LogP contribution in [0.25, 0.3) is 0 Å². The highest BCUT2D eigenvalue weighted by molar-refractivity contribution is 6.30. The number of ether oxygens (including phenoxy) is 2. The molecule has 8 nitrogen and oxygen atoms in total. The van der Waals surface area contributed by atoms with Gasteiger partial charge in [0.25, 0.3) is 5.91 Å². The van der Waals surface area contributed by atoms with Crippen LogP contribution in [-0.2, 0) is 9.59 Å². The van der Waals surface area contributed by atoms with E-state index < -0.39 is 6.04 Å². The lowest BCUT2D eigenvalue weighted by Crippen LogP contribution is -2.52. The van der Waals surface area contributed by atoms with Crippen molar-refractivity contribution in [2.24, 2.45) is 5.92 Å². The summed E-state index contributed by atoms with van der Waals surface area (Å²) in [6.07, 6.45) is 0. The molecule has 1 aliphatic rings. The van der Waals surface area contributed by atoms with Crippen molar-refractivity contribution in [1.29, 1.82) is 0 Å². The molecule has 0 aliphatic carbocycles. The van der Waals surface area contributed by atoms with E-state index in [9.17, 15) is 14.4 Å². The first-order chi connectivity index (χ1) is 15.8. The summed E-state index contributed by atoms with van der Waals surface area (Å²) in [5, 5.41) is 6.09. The highest BCUT2D eigenvalue weighted by atomic mass is 35.5. The lowest BCUT2D eigenvalue weighted by Gasteiger charge is -2.28. The molecule has 1 heterocycles. The molecule has 176 valence electrons. The predicted octanol–water partition coefficient (Wildman–Crippen LogP) is 3.35. The highest BCUT2D eigenvalue weighted by Gasteiger charge is 2.29. The first kappa shape index (κ1) is 24.4. The number of likely N-dealkylation sites (N-methyl/N-ethyl adjacent to an activating group) is 1. The van der Waals surface area contributed by atoms with Gasteiger partial charge in [-0.1, -0.05) is 25.4 Å². The minimum absolute atomic E-state index is 0.149. The van der Waals surface area contributed by atoms with Crippen molar-refractivity contribution < 1.29 is 23.9 Å². The van der Waals surface area contributed by atoms with Gasteiger partial charge in [0, 0.05) is 28.9 Å². The largest absolute Gasteiger partial charge is 0.486 e. The highest BCUT2D eigenvalue weighted by Crippen LogP contribution is 2.32. The average Bonchev–Trinajstić information content (AvgIpc) is 2.80. The Kier molecular flexibility index (Phi) is 8.16. The number of fused-ring (bicyclic) bond motifs is 1. The summed E-state index contributed by atoms with van der Waals surface area (Å²) >= 11 is 5.88. The maximum absolute atomic E-state index is 13.2. The third-order valence-electron chi connectivity index (χ3n) is 5.18. The van der Waals surface area contributed by atoms with Gasteiger partial charge in [0.05, 0.1) is 6.54 Å². The molecule has 9 heteroatoms. The summed E-state index contributed by atoms with van der Waals surface area (Å²) in [6.45, 7) is 6.56. The molecule has 1 aliphatic heterocycles. The van der Waals surface area contributed by atoms with E-state index in [1.165, 1.54) is 4.90 Å². The molecule has 33 heavy (non-hydrogen) atoms. The molecule has 0 saturated heterocycles. The number of hydrogen-bond acceptors (Lipinski definition) is 5. The van der Waals surface area contributed by atoms with E-state index in [2.05, 4.69) is 10.6 Å². The number of rotatable bonds is 8.